The van der Waals surface area contributed by atoms with Gasteiger partial charge in [-0.1, -0.05) is 140 Å². The Morgan fingerprint density at radius 2 is 0.443 bits per heavy atom. The molecule has 0 saturated carbocycles. The number of fused-ring (bicyclic) bond motifs is 10. The van der Waals surface area contributed by atoms with Crippen LogP contribution in [0.15, 0.2) is 224 Å². The lowest BCUT2D eigenvalue weighted by Crippen LogP contribution is -2.01. The maximum absolute atomic E-state index is 5.83. The molecule has 5 nitrogen and oxygen atoms in total. The Kier molecular flexibility index (Phi) is 8.29. The number of nitrogens with zero attached hydrogens (tertiary/aromatic N) is 5. The summed E-state index contributed by atoms with van der Waals surface area (Å²) in [6.07, 6.45) is 0. The Bertz CT molecular complexity index is 4430. The zero-order valence-corrected chi connectivity index (χ0v) is 37.6. The maximum atomic E-state index is 5.83. The Labute approximate surface area is 401 Å². The Hall–Kier alpha value is -9.45. The monoisotopic (exact) mass is 887 g/mol. The van der Waals surface area contributed by atoms with Gasteiger partial charge in [-0.05, 0) is 113 Å². The molecule has 70 heavy (non-hydrogen) atoms. The molecule has 0 amide bonds. The molecule has 0 spiro atoms. The molecule has 322 valence electrons. The van der Waals surface area contributed by atoms with Crippen LogP contribution in [0.25, 0.3) is 154 Å². The molecular formula is C65H37N5. The third-order valence-corrected chi connectivity index (χ3v) is 14.3. The van der Waals surface area contributed by atoms with Gasteiger partial charge in [-0.2, -0.15) is 0 Å². The van der Waals surface area contributed by atoms with Crippen molar-refractivity contribution >= 4 is 109 Å². The molecule has 5 heterocycles. The van der Waals surface area contributed by atoms with E-state index in [1.54, 1.807) is 0 Å². The van der Waals surface area contributed by atoms with Crippen molar-refractivity contribution < 1.29 is 0 Å². The van der Waals surface area contributed by atoms with Crippen molar-refractivity contribution in [1.29, 1.82) is 0 Å². The van der Waals surface area contributed by atoms with Crippen molar-refractivity contribution in [2.75, 3.05) is 0 Å². The second kappa shape index (κ2) is 15.0. The quantitative estimate of drug-likeness (QED) is 0.165. The molecule has 5 aromatic heterocycles. The summed E-state index contributed by atoms with van der Waals surface area (Å²) in [5.74, 6) is 0. The molecule has 0 aliphatic carbocycles. The van der Waals surface area contributed by atoms with Gasteiger partial charge in [-0.25, -0.2) is 24.9 Å². The van der Waals surface area contributed by atoms with Crippen LogP contribution in [-0.4, -0.2) is 24.9 Å². The number of hydrogen-bond donors (Lipinski definition) is 0. The van der Waals surface area contributed by atoms with Crippen LogP contribution in [0.3, 0.4) is 0 Å². The van der Waals surface area contributed by atoms with E-state index in [0.717, 1.165) is 154 Å². The van der Waals surface area contributed by atoms with Crippen LogP contribution in [0.5, 0.6) is 0 Å². The molecule has 0 aliphatic heterocycles. The van der Waals surface area contributed by atoms with Crippen molar-refractivity contribution in [3.63, 3.8) is 0 Å². The van der Waals surface area contributed by atoms with Crippen molar-refractivity contribution in [1.82, 2.24) is 24.9 Å². The van der Waals surface area contributed by atoms with Gasteiger partial charge in [0.2, 0.25) is 0 Å². The van der Waals surface area contributed by atoms with E-state index in [4.69, 9.17) is 24.9 Å². The van der Waals surface area contributed by atoms with Crippen molar-refractivity contribution in [2.24, 2.45) is 0 Å². The van der Waals surface area contributed by atoms with Gasteiger partial charge in [0, 0.05) is 70.6 Å². The first-order valence-corrected chi connectivity index (χ1v) is 23.7. The molecule has 15 rings (SSSR count). The Morgan fingerprint density at radius 3 is 0.800 bits per heavy atom. The Morgan fingerprint density at radius 1 is 0.186 bits per heavy atom. The average Bonchev–Trinajstić information content (AvgIpc) is 3.41. The first-order chi connectivity index (χ1) is 34.7. The fraction of sp³-hybridized carbons (Fsp3) is 0. The van der Waals surface area contributed by atoms with Gasteiger partial charge in [0.1, 0.15) is 0 Å². The molecule has 0 saturated heterocycles. The lowest BCUT2D eigenvalue weighted by atomic mass is 9.77. The van der Waals surface area contributed by atoms with Gasteiger partial charge < -0.3 is 0 Å². The summed E-state index contributed by atoms with van der Waals surface area (Å²) in [6, 6.07) is 80.1. The standard InChI is InChI=1S/C65H37N5/c1-6-24-52-38(15-1)33-47-43(20-11-29-57(47)66-52)61-51-37-42-19-5-10-28-56(42)70-65(51)64(46-23-14-32-60-50(46)36-41-18-4-9-27-55(41)69-60)63(45-22-13-31-59-49(45)35-40-17-3-8-26-54(40)68-59)62(61)44-21-12-30-58-48(44)34-39-16-2-7-25-53(39)67-58/h1-37H. The van der Waals surface area contributed by atoms with Crippen LogP contribution >= 0.6 is 0 Å². The van der Waals surface area contributed by atoms with Crippen LogP contribution in [0.1, 0.15) is 0 Å². The van der Waals surface area contributed by atoms with E-state index in [1.807, 2.05) is 0 Å². The molecule has 0 radical (unpaired) electrons. The van der Waals surface area contributed by atoms with Gasteiger partial charge >= 0.3 is 0 Å². The van der Waals surface area contributed by atoms with Gasteiger partial charge in [-0.3, -0.25) is 0 Å². The summed E-state index contributed by atoms with van der Waals surface area (Å²) in [5.41, 5.74) is 17.8. The number of aromatic nitrogens is 5. The predicted octanol–water partition coefficient (Wildman–Crippen LogP) is 16.9. The topological polar surface area (TPSA) is 64.5 Å². The number of hydrogen-bond acceptors (Lipinski definition) is 5. The highest BCUT2D eigenvalue weighted by molar-refractivity contribution is 6.26. The maximum Gasteiger partial charge on any atom is 0.0801 e. The van der Waals surface area contributed by atoms with E-state index in [1.165, 1.54) is 0 Å². The lowest BCUT2D eigenvalue weighted by molar-refractivity contribution is 1.47. The summed E-state index contributed by atoms with van der Waals surface area (Å²) < 4.78 is 0. The first kappa shape index (κ1) is 38.6. The van der Waals surface area contributed by atoms with Crippen LogP contribution in [0.2, 0.25) is 0 Å². The van der Waals surface area contributed by atoms with Crippen molar-refractivity contribution in [3.8, 4) is 44.5 Å². The van der Waals surface area contributed by atoms with E-state index in [2.05, 4.69) is 224 Å². The van der Waals surface area contributed by atoms with Crippen molar-refractivity contribution in [2.45, 2.75) is 0 Å². The highest BCUT2D eigenvalue weighted by atomic mass is 14.7. The minimum absolute atomic E-state index is 0.897. The molecule has 5 heteroatoms. The molecular weight excluding hydrogens is 851 g/mol. The van der Waals surface area contributed by atoms with Crippen LogP contribution in [-0.2, 0) is 0 Å². The van der Waals surface area contributed by atoms with Crippen LogP contribution < -0.4 is 0 Å². The predicted molar refractivity (Wildman–Crippen MR) is 292 cm³/mol. The fourth-order valence-corrected chi connectivity index (χ4v) is 11.1. The average molecular weight is 888 g/mol. The molecule has 10 aromatic carbocycles. The molecule has 15 aromatic rings. The summed E-state index contributed by atoms with van der Waals surface area (Å²) >= 11 is 0. The largest absolute Gasteiger partial charge is 0.248 e. The summed E-state index contributed by atoms with van der Waals surface area (Å²) in [7, 11) is 0. The molecule has 0 N–H and O–H groups in total. The third kappa shape index (κ3) is 5.88. The fourth-order valence-electron chi connectivity index (χ4n) is 11.1. The van der Waals surface area contributed by atoms with Gasteiger partial charge in [0.25, 0.3) is 0 Å². The van der Waals surface area contributed by atoms with E-state index < -0.39 is 0 Å². The van der Waals surface area contributed by atoms with Gasteiger partial charge in [0.05, 0.1) is 55.2 Å². The summed E-state index contributed by atoms with van der Waals surface area (Å²) in [4.78, 5) is 27.1. The van der Waals surface area contributed by atoms with Gasteiger partial charge in [0.15, 0.2) is 0 Å². The SMILES string of the molecule is c1ccc2nc3cccc(-c4c(-c5cccc6nc7ccccc7cc56)c(-c5cccc6nc7ccccc7cc56)c5nc6ccccc6cc5c4-c4cccc5nc6ccccc6cc45)c3cc2c1. The summed E-state index contributed by atoms with van der Waals surface area (Å²) in [5, 5.41) is 10.6. The van der Waals surface area contributed by atoms with E-state index >= 15 is 0 Å². The highest BCUT2D eigenvalue weighted by Crippen LogP contribution is 2.55. The molecule has 0 unspecified atom stereocenters. The van der Waals surface area contributed by atoms with Crippen LogP contribution in [0, 0.1) is 0 Å². The highest BCUT2D eigenvalue weighted by Gasteiger charge is 2.29. The normalized spacial score (nSPS) is 12.0. The molecule has 0 bridgehead atoms. The molecule has 0 aliphatic rings. The minimum Gasteiger partial charge on any atom is -0.248 e. The zero-order valence-electron chi connectivity index (χ0n) is 37.6. The number of pyridine rings is 5. The smallest absolute Gasteiger partial charge is 0.0801 e. The number of para-hydroxylation sites is 5. The Balaban J connectivity index is 1.24. The van der Waals surface area contributed by atoms with Crippen molar-refractivity contribution in [3.05, 3.63) is 224 Å². The zero-order chi connectivity index (χ0) is 45.9. The molecule has 0 atom stereocenters. The van der Waals surface area contributed by atoms with Crippen LogP contribution in [0.4, 0.5) is 0 Å². The molecule has 0 fully saturated rings. The van der Waals surface area contributed by atoms with Gasteiger partial charge in [-0.15, -0.1) is 0 Å². The second-order valence-corrected chi connectivity index (χ2v) is 18.3. The third-order valence-electron chi connectivity index (χ3n) is 14.3. The summed E-state index contributed by atoms with van der Waals surface area (Å²) in [6.45, 7) is 0. The van der Waals surface area contributed by atoms with E-state index in [9.17, 15) is 0 Å². The van der Waals surface area contributed by atoms with E-state index in [0.29, 0.717) is 0 Å². The first-order valence-electron chi connectivity index (χ1n) is 23.7. The second-order valence-electron chi connectivity index (χ2n) is 18.3. The minimum atomic E-state index is 0.897. The lowest BCUT2D eigenvalue weighted by Gasteiger charge is -2.26. The number of rotatable bonds is 4. The van der Waals surface area contributed by atoms with E-state index in [-0.39, 0.29) is 0 Å². The number of benzene rings is 10.